The Morgan fingerprint density at radius 2 is 2.25 bits per heavy atom. The molecule has 0 saturated heterocycles. The zero-order valence-electron chi connectivity index (χ0n) is 8.94. The SMILES string of the molecule is C=CC[C@H](N)c1c(OC)ccc(Cl)c1O.Cl. The topological polar surface area (TPSA) is 55.5 Å². The van der Waals surface area contributed by atoms with Gasteiger partial charge in [-0.15, -0.1) is 19.0 Å². The lowest BCUT2D eigenvalue weighted by Gasteiger charge is -2.16. The van der Waals surface area contributed by atoms with Crippen LogP contribution in [0, 0.1) is 0 Å². The molecule has 1 rings (SSSR count). The van der Waals surface area contributed by atoms with E-state index < -0.39 is 0 Å². The fourth-order valence-electron chi connectivity index (χ4n) is 1.40. The maximum Gasteiger partial charge on any atom is 0.142 e. The molecule has 0 fully saturated rings. The molecule has 5 heteroatoms. The van der Waals surface area contributed by atoms with Gasteiger partial charge in [-0.25, -0.2) is 0 Å². The predicted molar refractivity (Wildman–Crippen MR) is 68.7 cm³/mol. The summed E-state index contributed by atoms with van der Waals surface area (Å²) in [4.78, 5) is 0. The van der Waals surface area contributed by atoms with E-state index in [1.54, 1.807) is 18.2 Å². The second-order valence-electron chi connectivity index (χ2n) is 3.14. The highest BCUT2D eigenvalue weighted by atomic mass is 35.5. The fourth-order valence-corrected chi connectivity index (χ4v) is 1.56. The lowest BCUT2D eigenvalue weighted by Crippen LogP contribution is -2.11. The van der Waals surface area contributed by atoms with Crippen molar-refractivity contribution in [3.8, 4) is 11.5 Å². The number of benzene rings is 1. The number of hydrogen-bond acceptors (Lipinski definition) is 3. The van der Waals surface area contributed by atoms with Gasteiger partial charge in [-0.05, 0) is 18.6 Å². The van der Waals surface area contributed by atoms with Gasteiger partial charge in [-0.3, -0.25) is 0 Å². The summed E-state index contributed by atoms with van der Waals surface area (Å²) in [5.41, 5.74) is 6.40. The molecule has 0 aliphatic heterocycles. The molecule has 1 aromatic carbocycles. The highest BCUT2D eigenvalue weighted by molar-refractivity contribution is 6.32. The molecule has 0 aromatic heterocycles. The Labute approximate surface area is 106 Å². The van der Waals surface area contributed by atoms with E-state index in [-0.39, 0.29) is 29.2 Å². The number of nitrogens with two attached hydrogens (primary N) is 1. The number of phenols is 1. The van der Waals surface area contributed by atoms with Gasteiger partial charge in [-0.1, -0.05) is 17.7 Å². The number of halogens is 2. The molecule has 0 bridgehead atoms. The molecule has 1 aromatic rings. The van der Waals surface area contributed by atoms with Crippen molar-refractivity contribution in [3.05, 3.63) is 35.4 Å². The van der Waals surface area contributed by atoms with Crippen LogP contribution in [-0.2, 0) is 0 Å². The van der Waals surface area contributed by atoms with Crippen LogP contribution in [0.25, 0.3) is 0 Å². The van der Waals surface area contributed by atoms with E-state index in [0.717, 1.165) is 0 Å². The number of phenolic OH excluding ortho intramolecular Hbond substituents is 1. The maximum absolute atomic E-state index is 9.78. The Kier molecular flexibility index (Phi) is 6.26. The molecule has 0 aliphatic carbocycles. The van der Waals surface area contributed by atoms with E-state index in [1.165, 1.54) is 7.11 Å². The van der Waals surface area contributed by atoms with Crippen molar-refractivity contribution in [2.75, 3.05) is 7.11 Å². The Hall–Kier alpha value is -0.900. The van der Waals surface area contributed by atoms with Gasteiger partial charge in [-0.2, -0.15) is 0 Å². The van der Waals surface area contributed by atoms with Crippen molar-refractivity contribution in [1.82, 2.24) is 0 Å². The smallest absolute Gasteiger partial charge is 0.142 e. The van der Waals surface area contributed by atoms with Crippen LogP contribution in [0.4, 0.5) is 0 Å². The first kappa shape index (κ1) is 15.1. The summed E-state index contributed by atoms with van der Waals surface area (Å²) in [6.45, 7) is 3.60. The molecular weight excluding hydrogens is 249 g/mol. The molecule has 0 spiro atoms. The first-order chi connectivity index (χ1) is 7.11. The normalized spacial score (nSPS) is 11.4. The van der Waals surface area contributed by atoms with E-state index in [2.05, 4.69) is 6.58 Å². The van der Waals surface area contributed by atoms with E-state index in [9.17, 15) is 5.11 Å². The molecule has 0 heterocycles. The van der Waals surface area contributed by atoms with E-state index >= 15 is 0 Å². The fraction of sp³-hybridized carbons (Fsp3) is 0.273. The highest BCUT2D eigenvalue weighted by Crippen LogP contribution is 2.38. The summed E-state index contributed by atoms with van der Waals surface area (Å²) in [7, 11) is 1.52. The van der Waals surface area contributed by atoms with Crippen LogP contribution in [-0.4, -0.2) is 12.2 Å². The number of ether oxygens (including phenoxy) is 1. The molecule has 0 aliphatic rings. The van der Waals surface area contributed by atoms with E-state index in [4.69, 9.17) is 22.1 Å². The van der Waals surface area contributed by atoms with Crippen molar-refractivity contribution < 1.29 is 9.84 Å². The van der Waals surface area contributed by atoms with E-state index in [0.29, 0.717) is 17.7 Å². The minimum atomic E-state index is -0.365. The van der Waals surface area contributed by atoms with Crippen LogP contribution in [0.2, 0.25) is 5.02 Å². The van der Waals surface area contributed by atoms with Crippen molar-refractivity contribution in [1.29, 1.82) is 0 Å². The van der Waals surface area contributed by atoms with Gasteiger partial charge >= 0.3 is 0 Å². The van der Waals surface area contributed by atoms with Gasteiger partial charge in [0.2, 0.25) is 0 Å². The second kappa shape index (κ2) is 6.63. The second-order valence-corrected chi connectivity index (χ2v) is 3.55. The molecular formula is C11H15Cl2NO2. The summed E-state index contributed by atoms with van der Waals surface area (Å²) in [6, 6.07) is 2.89. The van der Waals surface area contributed by atoms with Gasteiger partial charge in [0.15, 0.2) is 0 Å². The lowest BCUT2D eigenvalue weighted by atomic mass is 10.0. The Bertz CT molecular complexity index is 369. The zero-order chi connectivity index (χ0) is 11.4. The minimum Gasteiger partial charge on any atom is -0.506 e. The van der Waals surface area contributed by atoms with Gasteiger partial charge in [0.1, 0.15) is 11.5 Å². The Balaban J connectivity index is 0.00000225. The van der Waals surface area contributed by atoms with Crippen molar-refractivity contribution >= 4 is 24.0 Å². The number of hydrogen-bond donors (Lipinski definition) is 2. The first-order valence-corrected chi connectivity index (χ1v) is 4.91. The first-order valence-electron chi connectivity index (χ1n) is 4.53. The maximum atomic E-state index is 9.78. The van der Waals surface area contributed by atoms with Gasteiger partial charge in [0, 0.05) is 6.04 Å². The van der Waals surface area contributed by atoms with Gasteiger partial charge < -0.3 is 15.6 Å². The largest absolute Gasteiger partial charge is 0.506 e. The standard InChI is InChI=1S/C11H14ClNO2.ClH/c1-3-4-8(13)10-9(15-2)6-5-7(12)11(10)14;/h3,5-6,8,14H,1,4,13H2,2H3;1H/t8-;/m0./s1. The quantitative estimate of drug-likeness (QED) is 0.822. The monoisotopic (exact) mass is 263 g/mol. The third-order valence-electron chi connectivity index (χ3n) is 2.14. The lowest BCUT2D eigenvalue weighted by molar-refractivity contribution is 0.393. The third-order valence-corrected chi connectivity index (χ3v) is 2.44. The Morgan fingerprint density at radius 1 is 1.62 bits per heavy atom. The number of methoxy groups -OCH3 is 1. The van der Waals surface area contributed by atoms with Crippen LogP contribution >= 0.6 is 24.0 Å². The highest BCUT2D eigenvalue weighted by Gasteiger charge is 2.17. The summed E-state index contributed by atoms with van der Waals surface area (Å²) in [5.74, 6) is 0.511. The van der Waals surface area contributed by atoms with Gasteiger partial charge in [0.25, 0.3) is 0 Å². The molecule has 0 saturated carbocycles. The number of aromatic hydroxyl groups is 1. The molecule has 3 nitrogen and oxygen atoms in total. The van der Waals surface area contributed by atoms with Crippen LogP contribution in [0.15, 0.2) is 24.8 Å². The average Bonchev–Trinajstić information content (AvgIpc) is 2.22. The van der Waals surface area contributed by atoms with Crippen molar-refractivity contribution in [3.63, 3.8) is 0 Å². The van der Waals surface area contributed by atoms with Gasteiger partial charge in [0.05, 0.1) is 17.7 Å². The zero-order valence-corrected chi connectivity index (χ0v) is 10.5. The van der Waals surface area contributed by atoms with Crippen LogP contribution in [0.5, 0.6) is 11.5 Å². The molecule has 0 radical (unpaired) electrons. The summed E-state index contributed by atoms with van der Waals surface area (Å²) in [5, 5.41) is 10.0. The molecule has 16 heavy (non-hydrogen) atoms. The summed E-state index contributed by atoms with van der Waals surface area (Å²) < 4.78 is 5.12. The predicted octanol–water partition coefficient (Wildman–Crippen LogP) is 3.05. The summed E-state index contributed by atoms with van der Waals surface area (Å²) >= 11 is 5.80. The van der Waals surface area contributed by atoms with Crippen LogP contribution in [0.3, 0.4) is 0 Å². The third kappa shape index (κ3) is 3.04. The van der Waals surface area contributed by atoms with Crippen LogP contribution < -0.4 is 10.5 Å². The molecule has 90 valence electrons. The van der Waals surface area contributed by atoms with Crippen molar-refractivity contribution in [2.24, 2.45) is 5.73 Å². The average molecular weight is 264 g/mol. The molecule has 0 unspecified atom stereocenters. The van der Waals surface area contributed by atoms with E-state index in [1.807, 2.05) is 0 Å². The number of rotatable bonds is 4. The minimum absolute atomic E-state index is 0. The molecule has 0 amide bonds. The Morgan fingerprint density at radius 3 is 2.75 bits per heavy atom. The van der Waals surface area contributed by atoms with Crippen molar-refractivity contribution in [2.45, 2.75) is 12.5 Å². The molecule has 1 atom stereocenters. The molecule has 3 N–H and O–H groups in total. The summed E-state index contributed by atoms with van der Waals surface area (Å²) in [6.07, 6.45) is 2.23. The van der Waals surface area contributed by atoms with Crippen LogP contribution in [0.1, 0.15) is 18.0 Å².